The molecule has 2 fully saturated rings. The van der Waals surface area contributed by atoms with E-state index in [2.05, 4.69) is 128 Å². The predicted molar refractivity (Wildman–Crippen MR) is 294 cm³/mol. The maximum atomic E-state index is 13.4. The molecule has 0 aromatic carbocycles. The smallest absolute Gasteiger partial charge is 0.268 e. The molecule has 8 rings (SSSR count). The second-order valence-corrected chi connectivity index (χ2v) is 27.2. The van der Waals surface area contributed by atoms with E-state index < -0.39 is 31.9 Å². The summed E-state index contributed by atoms with van der Waals surface area (Å²) in [7, 11) is -4.96. The van der Waals surface area contributed by atoms with Gasteiger partial charge in [-0.1, -0.05) is 55.4 Å². The second kappa shape index (κ2) is 23.7. The summed E-state index contributed by atoms with van der Waals surface area (Å²) in [5, 5.41) is 20.4. The minimum Gasteiger partial charge on any atom is -1.00 e. The molecule has 6 aromatic heterocycles. The van der Waals surface area contributed by atoms with Crippen LogP contribution in [0.5, 0.6) is 11.8 Å². The van der Waals surface area contributed by atoms with Crippen molar-refractivity contribution in [3.8, 4) is 23.4 Å². The van der Waals surface area contributed by atoms with Crippen LogP contribution in [-0.2, 0) is 34.1 Å². The van der Waals surface area contributed by atoms with E-state index in [9.17, 15) is 26.4 Å². The van der Waals surface area contributed by atoms with E-state index in [0.717, 1.165) is 12.3 Å². The van der Waals surface area contributed by atoms with Gasteiger partial charge < -0.3 is 24.4 Å². The predicted octanol–water partition coefficient (Wildman–Crippen LogP) is 4.04. The fraction of sp³-hybridized carbons (Fsp3) is 0.547. The maximum absolute atomic E-state index is 13.4. The number of pyridine rings is 2. The quantitative estimate of drug-likeness (QED) is 0.148. The average Bonchev–Trinajstić information content (AvgIpc) is 4.17. The molecule has 0 spiro atoms. The monoisotopic (exact) mass is 1120 g/mol. The van der Waals surface area contributed by atoms with E-state index >= 15 is 0 Å². The maximum Gasteiger partial charge on any atom is 0.268 e. The summed E-state index contributed by atoms with van der Waals surface area (Å²) in [6, 6.07) is 9.83. The van der Waals surface area contributed by atoms with Gasteiger partial charge in [0.2, 0.25) is 11.8 Å². The van der Waals surface area contributed by atoms with E-state index in [-0.39, 0.29) is 42.0 Å². The zero-order chi connectivity index (χ0) is 57.2. The molecule has 6 aromatic rings. The van der Waals surface area contributed by atoms with E-state index in [1.165, 1.54) is 45.5 Å². The first-order chi connectivity index (χ1) is 35.5. The number of sulfonamides is 2. The van der Waals surface area contributed by atoms with Gasteiger partial charge in [0.15, 0.2) is 11.6 Å². The SMILES string of the molecule is C[C@@H]1CNC(C)(C)C1.Cc1nc(-n2ccc(OCC(C)(C)C)n2)ccc1C(=O)NS(=O)(=O)c1cn(C)nc1C.Cc1nn(C)cc1S(=O)(=O)NC(=O)c1ccc(-n2ccc(OCC(C)(C)C)n2)nc1N1C[C@@H](C)CC1(C)C.[F-]. The Morgan fingerprint density at radius 3 is 1.46 bits per heavy atom. The number of carbonyl (C=O) groups is 2. The first-order valence-electron chi connectivity index (χ1n) is 25.6. The van der Waals surface area contributed by atoms with Crippen LogP contribution in [0.3, 0.4) is 0 Å². The van der Waals surface area contributed by atoms with Crippen LogP contribution < -0.4 is 33.8 Å². The highest BCUT2D eigenvalue weighted by Gasteiger charge is 2.40. The molecule has 0 bridgehead atoms. The lowest BCUT2D eigenvalue weighted by Crippen LogP contribution is -3.00. The minimum atomic E-state index is -4.14. The number of rotatable bonds is 13. The summed E-state index contributed by atoms with van der Waals surface area (Å²) in [4.78, 5) is 37.2. The highest BCUT2D eigenvalue weighted by atomic mass is 32.2. The first kappa shape index (κ1) is 62.1. The lowest BCUT2D eigenvalue weighted by atomic mass is 9.97. The largest absolute Gasteiger partial charge is 1.00 e. The highest BCUT2D eigenvalue weighted by Crippen LogP contribution is 2.38. The highest BCUT2D eigenvalue weighted by molar-refractivity contribution is 7.90. The lowest BCUT2D eigenvalue weighted by molar-refractivity contribution is -0.0000415. The van der Waals surface area contributed by atoms with Gasteiger partial charge in [0.05, 0.1) is 41.4 Å². The number of anilines is 1. The van der Waals surface area contributed by atoms with E-state index in [0.29, 0.717) is 77.5 Å². The molecular weight excluding hydrogens is 1040 g/mol. The molecule has 0 saturated carbocycles. The number of aromatic nitrogens is 10. The topological polar surface area (TPSA) is 257 Å². The number of hydrogen-bond donors (Lipinski definition) is 3. The van der Waals surface area contributed by atoms with Crippen LogP contribution >= 0.6 is 0 Å². The zero-order valence-electron chi connectivity index (χ0n) is 48.1. The fourth-order valence-corrected chi connectivity index (χ4v) is 11.4. The third-order valence-corrected chi connectivity index (χ3v) is 15.3. The average molecular weight is 1120 g/mol. The third kappa shape index (κ3) is 16.2. The number of nitrogens with zero attached hydrogens (tertiary/aromatic N) is 11. The normalized spacial score (nSPS) is 17.0. The Balaban J connectivity index is 0.000000252. The van der Waals surface area contributed by atoms with E-state index in [4.69, 9.17) is 14.5 Å². The van der Waals surface area contributed by atoms with Crippen molar-refractivity contribution in [3.63, 3.8) is 0 Å². The summed E-state index contributed by atoms with van der Waals surface area (Å²) < 4.78 is 72.8. The summed E-state index contributed by atoms with van der Waals surface area (Å²) in [5.41, 5.74) is 1.39. The number of ether oxygens (including phenoxy) is 2. The minimum absolute atomic E-state index is 0. The molecule has 8 heterocycles. The molecule has 22 nitrogen and oxygen atoms in total. The molecular formula is C53H78FN14O8S2-. The molecule has 78 heavy (non-hydrogen) atoms. The van der Waals surface area contributed by atoms with Gasteiger partial charge >= 0.3 is 0 Å². The molecule has 2 aliphatic heterocycles. The van der Waals surface area contributed by atoms with Gasteiger partial charge in [0.1, 0.15) is 15.6 Å². The molecule has 2 aliphatic rings. The molecule has 2 amide bonds. The van der Waals surface area contributed by atoms with Crippen molar-refractivity contribution >= 4 is 37.7 Å². The third-order valence-electron chi connectivity index (χ3n) is 12.4. The van der Waals surface area contributed by atoms with Crippen molar-refractivity contribution in [2.45, 2.75) is 138 Å². The number of amides is 2. The van der Waals surface area contributed by atoms with Gasteiger partial charge in [0.25, 0.3) is 31.9 Å². The van der Waals surface area contributed by atoms with Crippen molar-refractivity contribution < 1.29 is 40.6 Å². The Bertz CT molecular complexity index is 3310. The van der Waals surface area contributed by atoms with Crippen molar-refractivity contribution in [1.29, 1.82) is 0 Å². The van der Waals surface area contributed by atoms with Crippen LogP contribution in [0, 0.1) is 43.4 Å². The van der Waals surface area contributed by atoms with Gasteiger partial charge in [-0.15, -0.1) is 10.2 Å². The molecule has 0 radical (unpaired) electrons. The molecule has 3 N–H and O–H groups in total. The standard InChI is InChI=1S/C26H37N7O4S.C20H26N6O4S.C7H15N.FH/c1-17-13-26(6,7)32(14-17)23-19(24(34)30-38(35,36)20-15-31(8)28-18(20)2)9-10-21(27-23)33-12-11-22(29-33)37-16-25(3,4)5;1-13-15(19(27)24-31(28,29)16-11-25(6)22-14(16)2)7-8-17(21-13)26-10-9-18(23-26)30-12-20(3,4)5;1-6-4-7(2,3)8-5-6;/h9-12,15,17H,13-14,16H2,1-8H3,(H,30,34);7-11H,12H2,1-6H3,(H,24,27);6,8H,4-5H2,1-3H3;1H/p-1/t17-;;6-;/m0.0./s1. The Hall–Kier alpha value is -6.73. The van der Waals surface area contributed by atoms with Crippen molar-refractivity contribution in [2.24, 2.45) is 36.8 Å². The molecule has 0 aliphatic carbocycles. The Morgan fingerprint density at radius 2 is 1.10 bits per heavy atom. The Labute approximate surface area is 458 Å². The molecule has 25 heteroatoms. The van der Waals surface area contributed by atoms with Gasteiger partial charge in [-0.25, -0.2) is 45.6 Å². The van der Waals surface area contributed by atoms with Crippen LogP contribution in [0.25, 0.3) is 11.6 Å². The number of aryl methyl sites for hydroxylation is 5. The van der Waals surface area contributed by atoms with Gasteiger partial charge in [-0.05, 0) is 115 Å². The Morgan fingerprint density at radius 1 is 0.654 bits per heavy atom. The molecule has 428 valence electrons. The van der Waals surface area contributed by atoms with Crippen molar-refractivity contribution in [3.05, 3.63) is 89.4 Å². The number of carbonyl (C=O) groups excluding carboxylic acids is 2. The fourth-order valence-electron chi connectivity index (χ4n) is 9.04. The van der Waals surface area contributed by atoms with E-state index in [1.54, 1.807) is 82.3 Å². The summed E-state index contributed by atoms with van der Waals surface area (Å²) >= 11 is 0. The van der Waals surface area contributed by atoms with Gasteiger partial charge in [-0.3, -0.25) is 19.0 Å². The lowest BCUT2D eigenvalue weighted by Gasteiger charge is -2.34. The van der Waals surface area contributed by atoms with Crippen LogP contribution in [0.15, 0.2) is 71.0 Å². The molecule has 2 atom stereocenters. The van der Waals surface area contributed by atoms with Crippen LogP contribution in [0.2, 0.25) is 0 Å². The number of nitrogens with one attached hydrogen (secondary N) is 3. The first-order valence-corrected chi connectivity index (χ1v) is 28.5. The van der Waals surface area contributed by atoms with Crippen LogP contribution in [0.4, 0.5) is 5.82 Å². The number of hydrogen-bond acceptors (Lipinski definition) is 16. The van der Waals surface area contributed by atoms with Crippen molar-refractivity contribution in [2.75, 3.05) is 31.2 Å². The Kier molecular flexibility index (Phi) is 18.9. The van der Waals surface area contributed by atoms with Crippen LogP contribution in [0.1, 0.15) is 134 Å². The molecule has 2 saturated heterocycles. The van der Waals surface area contributed by atoms with Gasteiger partial charge in [-0.2, -0.15) is 10.2 Å². The van der Waals surface area contributed by atoms with Gasteiger partial charge in [0, 0.05) is 68.6 Å². The van der Waals surface area contributed by atoms with Crippen LogP contribution in [-0.4, -0.2) is 115 Å². The molecule has 0 unspecified atom stereocenters. The summed E-state index contributed by atoms with van der Waals surface area (Å²) in [5.74, 6) is 2.03. The van der Waals surface area contributed by atoms with E-state index in [1.807, 2.05) is 0 Å². The van der Waals surface area contributed by atoms with Crippen molar-refractivity contribution in [1.82, 2.24) is 63.9 Å². The summed E-state index contributed by atoms with van der Waals surface area (Å²) in [6.07, 6.45) is 8.39. The second-order valence-electron chi connectivity index (χ2n) is 23.9. The number of halogens is 1. The summed E-state index contributed by atoms with van der Waals surface area (Å²) in [6.45, 7) is 33.2. The zero-order valence-corrected chi connectivity index (χ0v) is 49.7.